The van der Waals surface area contributed by atoms with E-state index in [0.717, 1.165) is 52.6 Å². The SMILES string of the molecule is CC(C)NC(=O)C1CCC(c2nc3c(-c4cnn(C)c4)cnn3c(N)c2Br)CC1. The van der Waals surface area contributed by atoms with Gasteiger partial charge >= 0.3 is 0 Å². The van der Waals surface area contributed by atoms with Crippen molar-refractivity contribution in [2.24, 2.45) is 13.0 Å². The molecule has 0 saturated heterocycles. The molecule has 0 unspecified atom stereocenters. The van der Waals surface area contributed by atoms with Gasteiger partial charge in [0.15, 0.2) is 5.65 Å². The first-order chi connectivity index (χ1) is 13.8. The lowest BCUT2D eigenvalue weighted by atomic mass is 9.80. The molecule has 1 aliphatic carbocycles. The van der Waals surface area contributed by atoms with Crippen LogP contribution in [0.3, 0.4) is 0 Å². The second-order valence-electron chi connectivity index (χ2n) is 8.10. The standard InChI is InChI=1S/C20H26BrN7O/c1-11(2)25-20(29)13-6-4-12(5-7-13)17-16(21)18(22)28-19(26-17)15(9-24-28)14-8-23-27(3)10-14/h8-13H,4-7,22H2,1-3H3,(H,25,29). The topological polar surface area (TPSA) is 103 Å². The van der Waals surface area contributed by atoms with Gasteiger partial charge in [-0.3, -0.25) is 9.48 Å². The van der Waals surface area contributed by atoms with Crippen molar-refractivity contribution >= 4 is 33.3 Å². The molecule has 0 atom stereocenters. The molecular weight excluding hydrogens is 434 g/mol. The molecule has 29 heavy (non-hydrogen) atoms. The fourth-order valence-electron chi connectivity index (χ4n) is 4.08. The van der Waals surface area contributed by atoms with E-state index >= 15 is 0 Å². The van der Waals surface area contributed by atoms with Gasteiger partial charge < -0.3 is 11.1 Å². The summed E-state index contributed by atoms with van der Waals surface area (Å²) in [4.78, 5) is 17.3. The Balaban J connectivity index is 1.63. The van der Waals surface area contributed by atoms with E-state index in [1.165, 1.54) is 0 Å². The molecular formula is C20H26BrN7O. The van der Waals surface area contributed by atoms with Crippen molar-refractivity contribution in [3.63, 3.8) is 0 Å². The van der Waals surface area contributed by atoms with Crippen LogP contribution in [0.5, 0.6) is 0 Å². The molecule has 1 fully saturated rings. The lowest BCUT2D eigenvalue weighted by Gasteiger charge is -2.28. The average molecular weight is 460 g/mol. The number of nitrogens with zero attached hydrogens (tertiary/aromatic N) is 5. The van der Waals surface area contributed by atoms with Gasteiger partial charge in [0, 0.05) is 42.2 Å². The summed E-state index contributed by atoms with van der Waals surface area (Å²) >= 11 is 3.64. The van der Waals surface area contributed by atoms with E-state index in [9.17, 15) is 4.79 Å². The zero-order valence-electron chi connectivity index (χ0n) is 16.9. The Kier molecular flexibility index (Phi) is 5.33. The molecule has 3 N–H and O–H groups in total. The van der Waals surface area contributed by atoms with Crippen LogP contribution in [0.4, 0.5) is 5.82 Å². The van der Waals surface area contributed by atoms with Crippen molar-refractivity contribution < 1.29 is 4.79 Å². The number of aryl methyl sites for hydroxylation is 1. The molecule has 3 aromatic rings. The Labute approximate surface area is 178 Å². The highest BCUT2D eigenvalue weighted by molar-refractivity contribution is 9.10. The molecule has 3 heterocycles. The van der Waals surface area contributed by atoms with Gasteiger partial charge in [0.1, 0.15) is 5.82 Å². The highest BCUT2D eigenvalue weighted by Gasteiger charge is 2.30. The van der Waals surface area contributed by atoms with Crippen molar-refractivity contribution in [1.29, 1.82) is 0 Å². The second-order valence-corrected chi connectivity index (χ2v) is 8.90. The lowest BCUT2D eigenvalue weighted by molar-refractivity contribution is -0.126. The van der Waals surface area contributed by atoms with Crippen LogP contribution in [0.15, 0.2) is 23.1 Å². The number of carbonyl (C=O) groups excluding carboxylic acids is 1. The molecule has 9 heteroatoms. The van der Waals surface area contributed by atoms with E-state index in [-0.39, 0.29) is 23.8 Å². The van der Waals surface area contributed by atoms with Gasteiger partial charge in [-0.25, -0.2) is 4.98 Å². The molecule has 0 spiro atoms. The summed E-state index contributed by atoms with van der Waals surface area (Å²) in [5, 5.41) is 11.7. The third-order valence-electron chi connectivity index (χ3n) is 5.58. The van der Waals surface area contributed by atoms with Crippen LogP contribution in [-0.4, -0.2) is 36.3 Å². The summed E-state index contributed by atoms with van der Waals surface area (Å²) in [5.74, 6) is 1.04. The van der Waals surface area contributed by atoms with Crippen LogP contribution >= 0.6 is 15.9 Å². The van der Waals surface area contributed by atoms with Gasteiger partial charge in [0.2, 0.25) is 5.91 Å². The number of halogens is 1. The Bertz CT molecular complexity index is 1050. The summed E-state index contributed by atoms with van der Waals surface area (Å²) in [6, 6.07) is 0.172. The molecule has 8 nitrogen and oxygen atoms in total. The first-order valence-electron chi connectivity index (χ1n) is 9.97. The number of fused-ring (bicyclic) bond motifs is 1. The zero-order valence-corrected chi connectivity index (χ0v) is 18.5. The summed E-state index contributed by atoms with van der Waals surface area (Å²) < 4.78 is 4.21. The molecule has 154 valence electrons. The monoisotopic (exact) mass is 459 g/mol. The van der Waals surface area contributed by atoms with Gasteiger partial charge in [0.05, 0.1) is 22.6 Å². The van der Waals surface area contributed by atoms with Gasteiger partial charge in [-0.1, -0.05) is 0 Å². The zero-order chi connectivity index (χ0) is 20.7. The molecule has 1 amide bonds. The highest BCUT2D eigenvalue weighted by Crippen LogP contribution is 2.40. The first-order valence-corrected chi connectivity index (χ1v) is 10.8. The number of anilines is 1. The van der Waals surface area contributed by atoms with Gasteiger partial charge in [-0.15, -0.1) is 0 Å². The third kappa shape index (κ3) is 3.75. The Morgan fingerprint density at radius 2 is 1.97 bits per heavy atom. The predicted octanol–water partition coefficient (Wildman–Crippen LogP) is 3.27. The van der Waals surface area contributed by atoms with Crippen LogP contribution in [0.25, 0.3) is 16.8 Å². The second kappa shape index (κ2) is 7.78. The van der Waals surface area contributed by atoms with E-state index in [1.807, 2.05) is 27.1 Å². The minimum atomic E-state index is 0.0782. The first kappa shape index (κ1) is 19.9. The number of nitrogen functional groups attached to an aromatic ring is 1. The number of hydrogen-bond donors (Lipinski definition) is 2. The fraction of sp³-hybridized carbons (Fsp3) is 0.500. The van der Waals surface area contributed by atoms with Crippen LogP contribution < -0.4 is 11.1 Å². The molecule has 4 rings (SSSR count). The summed E-state index contributed by atoms with van der Waals surface area (Å²) in [6.45, 7) is 3.99. The fourth-order valence-corrected chi connectivity index (χ4v) is 4.66. The van der Waals surface area contributed by atoms with Crippen LogP contribution in [-0.2, 0) is 11.8 Å². The minimum absolute atomic E-state index is 0.0782. The van der Waals surface area contributed by atoms with E-state index in [1.54, 1.807) is 21.6 Å². The van der Waals surface area contributed by atoms with Gasteiger partial charge in [-0.2, -0.15) is 14.7 Å². The van der Waals surface area contributed by atoms with E-state index in [2.05, 4.69) is 31.4 Å². The lowest BCUT2D eigenvalue weighted by Crippen LogP contribution is -2.37. The number of carbonyl (C=O) groups is 1. The largest absolute Gasteiger partial charge is 0.383 e. The maximum atomic E-state index is 12.3. The molecule has 3 aromatic heterocycles. The summed E-state index contributed by atoms with van der Waals surface area (Å²) in [7, 11) is 1.88. The number of rotatable bonds is 4. The Morgan fingerprint density at radius 3 is 2.59 bits per heavy atom. The van der Waals surface area contributed by atoms with Crippen molar-refractivity contribution in [2.75, 3.05) is 5.73 Å². The van der Waals surface area contributed by atoms with Crippen molar-refractivity contribution in [1.82, 2.24) is 29.7 Å². The maximum Gasteiger partial charge on any atom is 0.223 e. The Morgan fingerprint density at radius 1 is 1.24 bits per heavy atom. The van der Waals surface area contributed by atoms with Crippen molar-refractivity contribution in [3.05, 3.63) is 28.8 Å². The molecule has 0 aromatic carbocycles. The van der Waals surface area contributed by atoms with Gasteiger partial charge in [0.25, 0.3) is 0 Å². The molecule has 1 aliphatic rings. The van der Waals surface area contributed by atoms with Crippen LogP contribution in [0, 0.1) is 5.92 Å². The number of aromatic nitrogens is 5. The average Bonchev–Trinajstić information content (AvgIpc) is 3.30. The third-order valence-corrected chi connectivity index (χ3v) is 6.39. The minimum Gasteiger partial charge on any atom is -0.383 e. The maximum absolute atomic E-state index is 12.3. The predicted molar refractivity (Wildman–Crippen MR) is 115 cm³/mol. The molecule has 1 saturated carbocycles. The van der Waals surface area contributed by atoms with E-state index < -0.39 is 0 Å². The van der Waals surface area contributed by atoms with Crippen LogP contribution in [0.1, 0.15) is 51.1 Å². The van der Waals surface area contributed by atoms with E-state index in [4.69, 9.17) is 10.7 Å². The number of nitrogens with one attached hydrogen (secondary N) is 1. The Hall–Kier alpha value is -2.42. The van der Waals surface area contributed by atoms with E-state index in [0.29, 0.717) is 5.82 Å². The number of amides is 1. The quantitative estimate of drug-likeness (QED) is 0.622. The normalized spacial score (nSPS) is 19.8. The smallest absolute Gasteiger partial charge is 0.223 e. The van der Waals surface area contributed by atoms with Crippen LogP contribution in [0.2, 0.25) is 0 Å². The molecule has 0 aliphatic heterocycles. The van der Waals surface area contributed by atoms with Gasteiger partial charge in [-0.05, 0) is 55.5 Å². The molecule has 0 radical (unpaired) electrons. The van der Waals surface area contributed by atoms with Crippen molar-refractivity contribution in [2.45, 2.75) is 51.5 Å². The summed E-state index contributed by atoms with van der Waals surface area (Å²) in [6.07, 6.45) is 9.05. The molecule has 0 bridgehead atoms. The summed E-state index contributed by atoms with van der Waals surface area (Å²) in [5.41, 5.74) is 9.92. The van der Waals surface area contributed by atoms with Crippen molar-refractivity contribution in [3.8, 4) is 11.1 Å². The highest BCUT2D eigenvalue weighted by atomic mass is 79.9. The number of nitrogens with two attached hydrogens (primary N) is 1. The number of hydrogen-bond acceptors (Lipinski definition) is 5.